The molecular formula is C19H42O8Si4. The minimum Gasteiger partial charge on any atom is -0.463 e. The second-order valence-electron chi connectivity index (χ2n) is 10.1. The highest BCUT2D eigenvalue weighted by Gasteiger charge is 2.49. The van der Waals surface area contributed by atoms with Crippen LogP contribution < -0.4 is 0 Å². The summed E-state index contributed by atoms with van der Waals surface area (Å²) in [6.45, 7) is 19.8. The van der Waals surface area contributed by atoms with Gasteiger partial charge in [-0.05, 0) is 65.3 Å². The maximum Gasteiger partial charge on any atom is 0.469 e. The van der Waals surface area contributed by atoms with Gasteiger partial charge in [-0.15, -0.1) is 0 Å². The maximum atomic E-state index is 11.9. The van der Waals surface area contributed by atoms with E-state index in [1.54, 1.807) is 0 Å². The van der Waals surface area contributed by atoms with Gasteiger partial charge in [-0.25, -0.2) is 9.59 Å². The number of carbonyl (C=O) groups excluding carboxylic acids is 2. The Morgan fingerprint density at radius 1 is 0.645 bits per heavy atom. The van der Waals surface area contributed by atoms with Crippen LogP contribution in [-0.2, 0) is 36.1 Å². The quantitative estimate of drug-likeness (QED) is 0.140. The van der Waals surface area contributed by atoms with Crippen molar-refractivity contribution in [2.45, 2.75) is 71.4 Å². The van der Waals surface area contributed by atoms with E-state index < -0.39 is 45.7 Å². The molecule has 0 aromatic rings. The molecule has 0 aliphatic heterocycles. The Morgan fingerprint density at radius 3 is 1.39 bits per heavy atom. The average molecular weight is 511 g/mol. The van der Waals surface area contributed by atoms with Gasteiger partial charge in [0.2, 0.25) is 0 Å². The fourth-order valence-corrected chi connectivity index (χ4v) is 17.2. The number of methoxy groups -OCH3 is 1. The summed E-state index contributed by atoms with van der Waals surface area (Å²) in [5.41, 5.74) is 0. The molecule has 0 rings (SSSR count). The van der Waals surface area contributed by atoms with Gasteiger partial charge in [0.15, 0.2) is 25.0 Å². The van der Waals surface area contributed by atoms with Gasteiger partial charge < -0.3 is 26.6 Å². The molecule has 8 nitrogen and oxygen atoms in total. The van der Waals surface area contributed by atoms with Crippen LogP contribution in [0.4, 0.5) is 0 Å². The molecule has 0 heterocycles. The average Bonchev–Trinajstić information content (AvgIpc) is 2.52. The van der Waals surface area contributed by atoms with Gasteiger partial charge in [0.1, 0.15) is 6.61 Å². The van der Waals surface area contributed by atoms with Crippen molar-refractivity contribution in [3.63, 3.8) is 0 Å². The molecule has 0 bridgehead atoms. The molecule has 0 saturated carbocycles. The minimum absolute atomic E-state index is 0.132. The van der Waals surface area contributed by atoms with E-state index in [0.29, 0.717) is 19.1 Å². The van der Waals surface area contributed by atoms with E-state index in [0.717, 1.165) is 12.2 Å². The highest BCUT2D eigenvalue weighted by molar-refractivity contribution is 6.90. The Balaban J connectivity index is 4.98. The van der Waals surface area contributed by atoms with Crippen molar-refractivity contribution in [3.05, 3.63) is 12.2 Å². The van der Waals surface area contributed by atoms with Gasteiger partial charge in [-0.3, -0.25) is 0 Å². The summed E-state index contributed by atoms with van der Waals surface area (Å²) < 4.78 is 34.6. The fourth-order valence-electron chi connectivity index (χ4n) is 2.53. The summed E-state index contributed by atoms with van der Waals surface area (Å²) in [6.07, 6.45) is 2.67. The van der Waals surface area contributed by atoms with Crippen LogP contribution in [0.5, 0.6) is 0 Å². The third-order valence-corrected chi connectivity index (χ3v) is 15.2. The molecule has 0 aliphatic rings. The van der Waals surface area contributed by atoms with E-state index in [1.807, 2.05) is 0 Å². The van der Waals surface area contributed by atoms with Gasteiger partial charge >= 0.3 is 20.7 Å². The van der Waals surface area contributed by atoms with Crippen molar-refractivity contribution in [1.82, 2.24) is 0 Å². The van der Waals surface area contributed by atoms with E-state index in [9.17, 15) is 9.59 Å². The molecule has 0 N–H and O–H groups in total. The van der Waals surface area contributed by atoms with E-state index >= 15 is 0 Å². The van der Waals surface area contributed by atoms with Gasteiger partial charge in [0, 0.05) is 25.3 Å². The molecule has 0 aromatic heterocycles. The van der Waals surface area contributed by atoms with E-state index in [4.69, 9.17) is 26.6 Å². The van der Waals surface area contributed by atoms with Crippen molar-refractivity contribution >= 4 is 45.7 Å². The second kappa shape index (κ2) is 13.2. The van der Waals surface area contributed by atoms with E-state index in [2.05, 4.69) is 58.9 Å². The molecule has 182 valence electrons. The summed E-state index contributed by atoms with van der Waals surface area (Å²) in [7, 11) is -7.24. The predicted molar refractivity (Wildman–Crippen MR) is 131 cm³/mol. The van der Waals surface area contributed by atoms with Crippen LogP contribution in [0.3, 0.4) is 0 Å². The maximum absolute atomic E-state index is 11.9. The largest absolute Gasteiger partial charge is 0.469 e. The normalized spacial score (nSPS) is 13.5. The van der Waals surface area contributed by atoms with Crippen molar-refractivity contribution in [2.24, 2.45) is 0 Å². The van der Waals surface area contributed by atoms with Crippen molar-refractivity contribution < 1.29 is 36.1 Å². The van der Waals surface area contributed by atoms with E-state index in [1.165, 1.54) is 7.11 Å². The molecular weight excluding hydrogens is 469 g/mol. The van der Waals surface area contributed by atoms with Gasteiger partial charge in [-0.1, -0.05) is 0 Å². The summed E-state index contributed by atoms with van der Waals surface area (Å²) in [5.74, 6) is -1.21. The van der Waals surface area contributed by atoms with Crippen LogP contribution in [0.2, 0.25) is 65.0 Å². The summed E-state index contributed by atoms with van der Waals surface area (Å²) in [5, 5.41) is 0. The standard InChI is InChI=1S/C19H42O8Si4/c1-22-15-16-24-19(21)13-12-18(20)23-14-11-17-31(25-28(2,3)4,26-29(5,6)7)27-30(8,9)10/h12-13H,11,14-17H2,1-10H3/b13-12+. The number of hydrogen-bond acceptors (Lipinski definition) is 8. The molecule has 0 fully saturated rings. The highest BCUT2D eigenvalue weighted by atomic mass is 28.5. The van der Waals surface area contributed by atoms with Gasteiger partial charge in [0.05, 0.1) is 13.2 Å². The third kappa shape index (κ3) is 17.6. The molecule has 0 radical (unpaired) electrons. The molecule has 31 heavy (non-hydrogen) atoms. The van der Waals surface area contributed by atoms with E-state index in [-0.39, 0.29) is 13.2 Å². The SMILES string of the molecule is COCCOC(=O)/C=C/C(=O)OCCC[Si](O[Si](C)(C)C)(O[Si](C)(C)C)O[Si](C)(C)C. The number of carbonyl (C=O) groups is 2. The topological polar surface area (TPSA) is 89.5 Å². The first kappa shape index (κ1) is 30.4. The first-order valence-corrected chi connectivity index (χ1v) is 22.7. The van der Waals surface area contributed by atoms with Crippen molar-refractivity contribution in [2.75, 3.05) is 26.9 Å². The summed E-state index contributed by atoms with van der Waals surface area (Å²) in [4.78, 5) is 23.4. The highest BCUT2D eigenvalue weighted by Crippen LogP contribution is 2.29. The monoisotopic (exact) mass is 510 g/mol. The first-order chi connectivity index (χ1) is 14.0. The Hall–Kier alpha value is -0.612. The van der Waals surface area contributed by atoms with Crippen LogP contribution >= 0.6 is 0 Å². The Morgan fingerprint density at radius 2 is 1.03 bits per heavy atom. The molecule has 0 unspecified atom stereocenters. The lowest BCUT2D eigenvalue weighted by atomic mass is 10.5. The number of esters is 2. The van der Waals surface area contributed by atoms with Gasteiger partial charge in [0.25, 0.3) is 0 Å². The smallest absolute Gasteiger partial charge is 0.463 e. The zero-order valence-corrected chi connectivity index (χ0v) is 25.0. The Labute approximate surface area is 192 Å². The van der Waals surface area contributed by atoms with Crippen LogP contribution in [0.25, 0.3) is 0 Å². The number of ether oxygens (including phenoxy) is 3. The Bertz CT molecular complexity index is 550. The summed E-state index contributed by atoms with van der Waals surface area (Å²) >= 11 is 0. The van der Waals surface area contributed by atoms with Crippen LogP contribution in [-0.4, -0.2) is 72.6 Å². The first-order valence-electron chi connectivity index (χ1n) is 10.6. The fraction of sp³-hybridized carbons (Fsp3) is 0.789. The number of hydrogen-bond donors (Lipinski definition) is 0. The van der Waals surface area contributed by atoms with Crippen LogP contribution in [0.15, 0.2) is 12.2 Å². The van der Waals surface area contributed by atoms with Crippen LogP contribution in [0, 0.1) is 0 Å². The molecule has 12 heteroatoms. The minimum atomic E-state index is -2.94. The molecule has 0 atom stereocenters. The van der Waals surface area contributed by atoms with Crippen LogP contribution in [0.1, 0.15) is 6.42 Å². The predicted octanol–water partition coefficient (Wildman–Crippen LogP) is 4.16. The molecule has 0 saturated heterocycles. The second-order valence-corrected chi connectivity index (χ2v) is 27.1. The summed E-state index contributed by atoms with van der Waals surface area (Å²) in [6, 6.07) is 0.585. The lowest BCUT2D eigenvalue weighted by Crippen LogP contribution is -2.60. The number of rotatable bonds is 15. The lowest BCUT2D eigenvalue weighted by Gasteiger charge is -2.42. The lowest BCUT2D eigenvalue weighted by molar-refractivity contribution is -0.141. The van der Waals surface area contributed by atoms with Crippen molar-refractivity contribution in [3.8, 4) is 0 Å². The molecule has 0 spiro atoms. The zero-order valence-electron chi connectivity index (χ0n) is 21.0. The molecule has 0 amide bonds. The van der Waals surface area contributed by atoms with Crippen molar-refractivity contribution in [1.29, 1.82) is 0 Å². The zero-order chi connectivity index (χ0) is 24.3. The molecule has 0 aromatic carbocycles. The third-order valence-electron chi connectivity index (χ3n) is 3.14. The Kier molecular flexibility index (Phi) is 12.9. The van der Waals surface area contributed by atoms with Gasteiger partial charge in [-0.2, -0.15) is 0 Å². The molecule has 0 aliphatic carbocycles.